The van der Waals surface area contributed by atoms with Gasteiger partial charge in [-0.05, 0) is 27.1 Å². The lowest BCUT2D eigenvalue weighted by atomic mass is 10.3. The van der Waals surface area contributed by atoms with E-state index in [1.807, 2.05) is 19.0 Å². The van der Waals surface area contributed by atoms with Crippen LogP contribution in [-0.4, -0.2) is 67.3 Å². The number of hydrogen-bond donors (Lipinski definition) is 1. The van der Waals surface area contributed by atoms with E-state index in [2.05, 4.69) is 0 Å². The maximum Gasteiger partial charge on any atom is 0.401 e. The molecule has 0 saturated heterocycles. The van der Waals surface area contributed by atoms with Crippen LogP contribution in [0.25, 0.3) is 0 Å². The van der Waals surface area contributed by atoms with Crippen molar-refractivity contribution < 1.29 is 23.1 Å². The molecule has 0 atom stereocenters. The van der Waals surface area contributed by atoms with Gasteiger partial charge in [-0.15, -0.1) is 0 Å². The van der Waals surface area contributed by atoms with Crippen molar-refractivity contribution in [2.75, 3.05) is 40.3 Å². The summed E-state index contributed by atoms with van der Waals surface area (Å²) in [5.74, 6) is -1.24. The number of halogens is 3. The van der Waals surface area contributed by atoms with E-state index in [-0.39, 0.29) is 6.54 Å². The first kappa shape index (κ1) is 15.2. The number of carboxylic acid groups (broad SMARTS) is 1. The van der Waals surface area contributed by atoms with Crippen LogP contribution < -0.4 is 0 Å². The predicted octanol–water partition coefficient (Wildman–Crippen LogP) is 0.887. The molecule has 0 spiro atoms. The molecule has 0 amide bonds. The van der Waals surface area contributed by atoms with E-state index in [1.165, 1.54) is 0 Å². The third-order valence-corrected chi connectivity index (χ3v) is 1.84. The van der Waals surface area contributed by atoms with Crippen LogP contribution in [0.5, 0.6) is 0 Å². The van der Waals surface area contributed by atoms with Crippen molar-refractivity contribution in [3.63, 3.8) is 0 Å². The largest absolute Gasteiger partial charge is 0.480 e. The Morgan fingerprint density at radius 3 is 2.19 bits per heavy atom. The molecule has 0 aromatic rings. The monoisotopic (exact) mass is 242 g/mol. The quantitative estimate of drug-likeness (QED) is 0.720. The third kappa shape index (κ3) is 9.72. The number of aliphatic carboxylic acids is 1. The highest BCUT2D eigenvalue weighted by molar-refractivity contribution is 5.69. The molecule has 0 rings (SSSR count). The summed E-state index contributed by atoms with van der Waals surface area (Å²) in [5.41, 5.74) is 0. The lowest BCUT2D eigenvalue weighted by Gasteiger charge is -2.22. The normalized spacial score (nSPS) is 12.4. The van der Waals surface area contributed by atoms with Gasteiger partial charge in [0.05, 0.1) is 13.1 Å². The molecule has 0 aliphatic carbocycles. The number of alkyl halides is 3. The molecule has 4 nitrogen and oxygen atoms in total. The minimum absolute atomic E-state index is 0.129. The number of nitrogens with zero attached hydrogens (tertiary/aromatic N) is 2. The molecule has 0 aliphatic rings. The van der Waals surface area contributed by atoms with Crippen LogP contribution in [0.1, 0.15) is 6.42 Å². The molecule has 0 heterocycles. The molecule has 0 radical (unpaired) electrons. The number of carbonyl (C=O) groups is 1. The van der Waals surface area contributed by atoms with E-state index in [1.54, 1.807) is 0 Å². The van der Waals surface area contributed by atoms with E-state index in [0.717, 1.165) is 4.90 Å². The molecule has 0 aromatic heterocycles. The number of hydrogen-bond acceptors (Lipinski definition) is 3. The molecule has 0 aromatic carbocycles. The molecule has 0 saturated carbocycles. The first-order valence-electron chi connectivity index (χ1n) is 4.86. The summed E-state index contributed by atoms with van der Waals surface area (Å²) in [5, 5.41) is 8.47. The zero-order valence-corrected chi connectivity index (χ0v) is 9.42. The van der Waals surface area contributed by atoms with Crippen molar-refractivity contribution in [3.8, 4) is 0 Å². The van der Waals surface area contributed by atoms with Gasteiger partial charge in [0.2, 0.25) is 0 Å². The van der Waals surface area contributed by atoms with E-state index < -0.39 is 25.2 Å². The third-order valence-electron chi connectivity index (χ3n) is 1.84. The van der Waals surface area contributed by atoms with Crippen LogP contribution >= 0.6 is 0 Å². The maximum atomic E-state index is 12.1. The van der Waals surface area contributed by atoms with Crippen molar-refractivity contribution in [3.05, 3.63) is 0 Å². The average molecular weight is 242 g/mol. The van der Waals surface area contributed by atoms with E-state index in [0.29, 0.717) is 13.0 Å². The standard InChI is InChI=1S/C9H17F3N2O2/c1-13(2)4-3-5-14(6-8(15)16)7-9(10,11)12/h3-7H2,1-2H3,(H,15,16). The molecule has 0 fully saturated rings. The first-order valence-corrected chi connectivity index (χ1v) is 4.86. The van der Waals surface area contributed by atoms with Crippen molar-refractivity contribution in [1.29, 1.82) is 0 Å². The van der Waals surface area contributed by atoms with Gasteiger partial charge in [0.1, 0.15) is 0 Å². The van der Waals surface area contributed by atoms with Gasteiger partial charge in [0.25, 0.3) is 0 Å². The highest BCUT2D eigenvalue weighted by Gasteiger charge is 2.31. The summed E-state index contributed by atoms with van der Waals surface area (Å²) in [6.07, 6.45) is -3.84. The fourth-order valence-corrected chi connectivity index (χ4v) is 1.27. The minimum Gasteiger partial charge on any atom is -0.480 e. The zero-order chi connectivity index (χ0) is 12.8. The molecule has 1 N–H and O–H groups in total. The van der Waals surface area contributed by atoms with E-state index in [4.69, 9.17) is 5.11 Å². The summed E-state index contributed by atoms with van der Waals surface area (Å²) in [6, 6.07) is 0. The fraction of sp³-hybridized carbons (Fsp3) is 0.889. The molecule has 16 heavy (non-hydrogen) atoms. The Morgan fingerprint density at radius 1 is 1.25 bits per heavy atom. The van der Waals surface area contributed by atoms with E-state index >= 15 is 0 Å². The van der Waals surface area contributed by atoms with Crippen molar-refractivity contribution in [2.45, 2.75) is 12.6 Å². The molecule has 7 heteroatoms. The van der Waals surface area contributed by atoms with Crippen LogP contribution in [0, 0.1) is 0 Å². The first-order chi connectivity index (χ1) is 7.20. The van der Waals surface area contributed by atoms with Gasteiger partial charge >= 0.3 is 12.1 Å². The van der Waals surface area contributed by atoms with Crippen molar-refractivity contribution in [2.24, 2.45) is 0 Å². The molecule has 0 bridgehead atoms. The van der Waals surface area contributed by atoms with E-state index in [9.17, 15) is 18.0 Å². The number of carboxylic acids is 1. The lowest BCUT2D eigenvalue weighted by Crippen LogP contribution is -2.39. The van der Waals surface area contributed by atoms with Crippen LogP contribution in [0.15, 0.2) is 0 Å². The SMILES string of the molecule is CN(C)CCCN(CC(=O)O)CC(F)(F)F. The Kier molecular flexibility index (Phi) is 6.35. The van der Waals surface area contributed by atoms with Crippen molar-refractivity contribution >= 4 is 5.97 Å². The maximum absolute atomic E-state index is 12.1. The smallest absolute Gasteiger partial charge is 0.401 e. The number of rotatable bonds is 7. The van der Waals surface area contributed by atoms with Crippen LogP contribution in [0.3, 0.4) is 0 Å². The Balaban J connectivity index is 4.05. The van der Waals surface area contributed by atoms with Crippen LogP contribution in [-0.2, 0) is 4.79 Å². The van der Waals surface area contributed by atoms with Gasteiger partial charge in [-0.3, -0.25) is 9.69 Å². The summed E-state index contributed by atoms with van der Waals surface area (Å²) in [4.78, 5) is 13.1. The predicted molar refractivity (Wildman–Crippen MR) is 53.3 cm³/mol. The highest BCUT2D eigenvalue weighted by atomic mass is 19.4. The molecular weight excluding hydrogens is 225 g/mol. The molecule has 0 unspecified atom stereocenters. The summed E-state index contributed by atoms with van der Waals surface area (Å²) >= 11 is 0. The second-order valence-electron chi connectivity index (χ2n) is 3.88. The lowest BCUT2D eigenvalue weighted by molar-refractivity contribution is -0.154. The second kappa shape index (κ2) is 6.70. The summed E-state index contributed by atoms with van der Waals surface area (Å²) in [7, 11) is 3.62. The van der Waals surface area contributed by atoms with Gasteiger partial charge in [0.15, 0.2) is 0 Å². The van der Waals surface area contributed by atoms with Crippen LogP contribution in [0.2, 0.25) is 0 Å². The fourth-order valence-electron chi connectivity index (χ4n) is 1.27. The van der Waals surface area contributed by atoms with Crippen molar-refractivity contribution in [1.82, 2.24) is 9.80 Å². The molecule has 96 valence electrons. The average Bonchev–Trinajstić information content (AvgIpc) is 1.98. The minimum atomic E-state index is -4.35. The zero-order valence-electron chi connectivity index (χ0n) is 9.42. The summed E-state index contributed by atoms with van der Waals surface area (Å²) < 4.78 is 36.3. The van der Waals surface area contributed by atoms with Crippen LogP contribution in [0.4, 0.5) is 13.2 Å². The Hall–Kier alpha value is -0.820. The second-order valence-corrected chi connectivity index (χ2v) is 3.88. The summed E-state index contributed by atoms with van der Waals surface area (Å²) in [6.45, 7) is -0.988. The topological polar surface area (TPSA) is 43.8 Å². The highest BCUT2D eigenvalue weighted by Crippen LogP contribution is 2.16. The van der Waals surface area contributed by atoms with Gasteiger partial charge in [-0.25, -0.2) is 0 Å². The Labute approximate surface area is 92.6 Å². The Bertz CT molecular complexity index is 219. The van der Waals surface area contributed by atoms with Gasteiger partial charge in [0, 0.05) is 6.54 Å². The van der Waals surface area contributed by atoms with Gasteiger partial charge in [-0.1, -0.05) is 0 Å². The Morgan fingerprint density at radius 2 is 1.81 bits per heavy atom. The van der Waals surface area contributed by atoms with Gasteiger partial charge < -0.3 is 10.0 Å². The van der Waals surface area contributed by atoms with Gasteiger partial charge in [-0.2, -0.15) is 13.2 Å². The molecular formula is C9H17F3N2O2. The molecule has 0 aliphatic heterocycles.